The lowest BCUT2D eigenvalue weighted by molar-refractivity contribution is 0.217. The van der Waals surface area contributed by atoms with E-state index in [1.54, 1.807) is 17.1 Å². The maximum atomic E-state index is 6.41. The minimum absolute atomic E-state index is 0.0899. The van der Waals surface area contributed by atoms with Gasteiger partial charge in [-0.3, -0.25) is 0 Å². The third-order valence-corrected chi connectivity index (χ3v) is 5.45. The first-order chi connectivity index (χ1) is 12.0. The second kappa shape index (κ2) is 6.29. The predicted molar refractivity (Wildman–Crippen MR) is 98.2 cm³/mol. The molecule has 1 aliphatic heterocycles. The second-order valence-corrected chi connectivity index (χ2v) is 7.30. The number of nitrogens with zero attached hydrogens (tertiary/aromatic N) is 3. The molecule has 128 valence electrons. The van der Waals surface area contributed by atoms with Crippen molar-refractivity contribution in [2.75, 3.05) is 0 Å². The summed E-state index contributed by atoms with van der Waals surface area (Å²) < 4.78 is 8.05. The summed E-state index contributed by atoms with van der Waals surface area (Å²) in [6.07, 6.45) is 2.99. The zero-order valence-electron chi connectivity index (χ0n) is 13.2. The van der Waals surface area contributed by atoms with Crippen LogP contribution in [0.5, 0.6) is 0 Å². The lowest BCUT2D eigenvalue weighted by Gasteiger charge is -2.22. The zero-order valence-corrected chi connectivity index (χ0v) is 15.5. The molecule has 3 aromatic rings. The predicted octanol–water partition coefficient (Wildman–Crippen LogP) is 5.47. The summed E-state index contributed by atoms with van der Waals surface area (Å²) in [7, 11) is 0. The summed E-state index contributed by atoms with van der Waals surface area (Å²) >= 11 is 18.5. The lowest BCUT2D eigenvalue weighted by atomic mass is 9.86. The minimum Gasteiger partial charge on any atom is -0.353 e. The van der Waals surface area contributed by atoms with E-state index in [0.29, 0.717) is 15.1 Å². The van der Waals surface area contributed by atoms with Gasteiger partial charge in [-0.25, -0.2) is 9.67 Å². The van der Waals surface area contributed by atoms with Crippen molar-refractivity contribution >= 4 is 34.8 Å². The van der Waals surface area contributed by atoms with Crippen molar-refractivity contribution in [3.8, 4) is 0 Å². The van der Waals surface area contributed by atoms with Gasteiger partial charge in [0.05, 0.1) is 6.04 Å². The van der Waals surface area contributed by atoms with E-state index in [-0.39, 0.29) is 12.1 Å². The van der Waals surface area contributed by atoms with Crippen LogP contribution < -0.4 is 0 Å². The average Bonchev–Trinajstić information content (AvgIpc) is 3.09. The normalized spacial score (nSPS) is 23.4. The minimum atomic E-state index is -0.601. The molecule has 1 aliphatic rings. The van der Waals surface area contributed by atoms with Crippen molar-refractivity contribution in [3.63, 3.8) is 0 Å². The number of hydrogen-bond acceptors (Lipinski definition) is 3. The van der Waals surface area contributed by atoms with E-state index in [2.05, 4.69) is 10.1 Å². The van der Waals surface area contributed by atoms with Crippen molar-refractivity contribution in [2.45, 2.75) is 24.7 Å². The fourth-order valence-electron chi connectivity index (χ4n) is 3.27. The van der Waals surface area contributed by atoms with Crippen LogP contribution in [0, 0.1) is 0 Å². The average molecular weight is 395 g/mol. The van der Waals surface area contributed by atoms with Gasteiger partial charge in [0, 0.05) is 20.6 Å². The molecule has 0 aliphatic carbocycles. The van der Waals surface area contributed by atoms with Crippen molar-refractivity contribution in [1.82, 2.24) is 14.8 Å². The summed E-state index contributed by atoms with van der Waals surface area (Å²) in [5.41, 5.74) is 1.30. The number of benzene rings is 2. The SMILES string of the molecule is CC(n1cncn1)C1(c2ccc(Cl)cc2)OC1c1ccc(Cl)cc1Cl. The highest BCUT2D eigenvalue weighted by Crippen LogP contribution is 2.63. The maximum absolute atomic E-state index is 6.41. The first kappa shape index (κ1) is 16.9. The zero-order chi connectivity index (χ0) is 17.6. The Kier molecular flexibility index (Phi) is 4.24. The number of hydrogen-bond donors (Lipinski definition) is 0. The first-order valence-corrected chi connectivity index (χ1v) is 8.88. The Balaban J connectivity index is 1.80. The highest BCUT2D eigenvalue weighted by atomic mass is 35.5. The van der Waals surface area contributed by atoms with Gasteiger partial charge < -0.3 is 4.74 Å². The largest absolute Gasteiger partial charge is 0.353 e. The number of aromatic nitrogens is 3. The van der Waals surface area contributed by atoms with E-state index in [0.717, 1.165) is 11.1 Å². The molecule has 0 N–H and O–H groups in total. The van der Waals surface area contributed by atoms with E-state index in [4.69, 9.17) is 39.5 Å². The summed E-state index contributed by atoms with van der Waals surface area (Å²) in [6, 6.07) is 13.0. The molecule has 1 fully saturated rings. The molecule has 25 heavy (non-hydrogen) atoms. The molecule has 2 heterocycles. The highest BCUT2D eigenvalue weighted by molar-refractivity contribution is 6.35. The molecule has 0 radical (unpaired) electrons. The van der Waals surface area contributed by atoms with Crippen LogP contribution in [0.15, 0.2) is 55.1 Å². The molecular weight excluding hydrogens is 381 g/mol. The molecule has 4 rings (SSSR count). The standard InChI is InChI=1S/C18H14Cl3N3O/c1-11(24-10-22-9-23-24)18(12-2-4-13(19)5-3-12)17(25-18)15-7-6-14(20)8-16(15)21/h2-11,17H,1H3. The summed E-state index contributed by atoms with van der Waals surface area (Å²) in [5.74, 6) is 0. The van der Waals surface area contributed by atoms with Crippen molar-refractivity contribution < 1.29 is 4.74 Å². The van der Waals surface area contributed by atoms with Crippen LogP contribution in [0.3, 0.4) is 0 Å². The Bertz CT molecular complexity index is 898. The van der Waals surface area contributed by atoms with Crippen LogP contribution in [0.2, 0.25) is 15.1 Å². The van der Waals surface area contributed by atoms with Crippen LogP contribution in [-0.4, -0.2) is 14.8 Å². The summed E-state index contributed by atoms with van der Waals surface area (Å²) in [6.45, 7) is 2.05. The fraction of sp³-hybridized carbons (Fsp3) is 0.222. The summed E-state index contributed by atoms with van der Waals surface area (Å²) in [5, 5.41) is 6.13. The molecule has 1 saturated heterocycles. The van der Waals surface area contributed by atoms with E-state index < -0.39 is 5.60 Å². The van der Waals surface area contributed by atoms with Gasteiger partial charge in [0.1, 0.15) is 24.4 Å². The third-order valence-electron chi connectivity index (χ3n) is 4.64. The number of epoxide rings is 1. The summed E-state index contributed by atoms with van der Waals surface area (Å²) in [4.78, 5) is 4.05. The fourth-order valence-corrected chi connectivity index (χ4v) is 3.91. The molecule has 7 heteroatoms. The van der Waals surface area contributed by atoms with Crippen LogP contribution in [0.25, 0.3) is 0 Å². The monoisotopic (exact) mass is 393 g/mol. The molecule has 3 unspecified atom stereocenters. The number of ether oxygens (including phenoxy) is 1. The molecule has 4 nitrogen and oxygen atoms in total. The second-order valence-electron chi connectivity index (χ2n) is 6.02. The van der Waals surface area contributed by atoms with Crippen LogP contribution in [-0.2, 0) is 10.3 Å². The third kappa shape index (κ3) is 2.83. The molecule has 0 spiro atoms. The van der Waals surface area contributed by atoms with Gasteiger partial charge in [0.2, 0.25) is 0 Å². The Labute approximate surface area is 160 Å². The molecule has 3 atom stereocenters. The molecule has 0 saturated carbocycles. The number of halogens is 3. The Hall–Kier alpha value is -1.59. The van der Waals surface area contributed by atoms with Gasteiger partial charge in [-0.1, -0.05) is 53.0 Å². The first-order valence-electron chi connectivity index (χ1n) is 7.75. The van der Waals surface area contributed by atoms with E-state index in [1.165, 1.54) is 6.33 Å². The molecule has 2 aromatic carbocycles. The van der Waals surface area contributed by atoms with Gasteiger partial charge in [-0.2, -0.15) is 5.10 Å². The van der Waals surface area contributed by atoms with Crippen molar-refractivity contribution in [2.24, 2.45) is 0 Å². The van der Waals surface area contributed by atoms with Gasteiger partial charge >= 0.3 is 0 Å². The molecule has 0 amide bonds. The quantitative estimate of drug-likeness (QED) is 0.551. The van der Waals surface area contributed by atoms with Gasteiger partial charge in [0.25, 0.3) is 0 Å². The maximum Gasteiger partial charge on any atom is 0.146 e. The molecule has 0 bridgehead atoms. The molecular formula is C18H14Cl3N3O. The van der Waals surface area contributed by atoms with Gasteiger partial charge in [-0.05, 0) is 36.8 Å². The van der Waals surface area contributed by atoms with E-state index >= 15 is 0 Å². The van der Waals surface area contributed by atoms with E-state index in [9.17, 15) is 0 Å². The van der Waals surface area contributed by atoms with Crippen LogP contribution in [0.4, 0.5) is 0 Å². The van der Waals surface area contributed by atoms with E-state index in [1.807, 2.05) is 43.3 Å². The molecule has 1 aromatic heterocycles. The smallest absolute Gasteiger partial charge is 0.146 e. The van der Waals surface area contributed by atoms with Crippen LogP contribution >= 0.6 is 34.8 Å². The Morgan fingerprint density at radius 3 is 2.44 bits per heavy atom. The highest BCUT2D eigenvalue weighted by Gasteiger charge is 2.63. The lowest BCUT2D eigenvalue weighted by Crippen LogP contribution is -2.24. The Morgan fingerprint density at radius 2 is 1.80 bits per heavy atom. The Morgan fingerprint density at radius 1 is 1.08 bits per heavy atom. The number of rotatable bonds is 4. The van der Waals surface area contributed by atoms with Gasteiger partial charge in [0.15, 0.2) is 0 Å². The topological polar surface area (TPSA) is 43.2 Å². The van der Waals surface area contributed by atoms with Crippen molar-refractivity contribution in [1.29, 1.82) is 0 Å². The van der Waals surface area contributed by atoms with Gasteiger partial charge in [-0.15, -0.1) is 0 Å². The van der Waals surface area contributed by atoms with Crippen molar-refractivity contribution in [3.05, 3.63) is 81.3 Å². The van der Waals surface area contributed by atoms with Crippen LogP contribution in [0.1, 0.15) is 30.2 Å².